The van der Waals surface area contributed by atoms with Crippen LogP contribution in [0.5, 0.6) is 5.75 Å². The standard InChI is InChI=1S/C17H21ClN4O2/c1-11-16(12(2)20-19-11)21-6-8-22(9-7-21)17(23)14-10-13(18)4-5-15(14)24-3/h4-5,10H,6-9H2,1-3H3,(H,19,20). The van der Waals surface area contributed by atoms with Crippen molar-refractivity contribution >= 4 is 23.2 Å². The molecule has 0 unspecified atom stereocenters. The molecule has 1 aliphatic rings. The van der Waals surface area contributed by atoms with Crippen molar-refractivity contribution in [1.82, 2.24) is 15.1 Å². The molecule has 1 fully saturated rings. The number of hydrogen-bond donors (Lipinski definition) is 1. The fraction of sp³-hybridized carbons (Fsp3) is 0.412. The zero-order valence-corrected chi connectivity index (χ0v) is 14.9. The van der Waals surface area contributed by atoms with E-state index in [4.69, 9.17) is 16.3 Å². The fourth-order valence-corrected chi connectivity index (χ4v) is 3.33. The molecule has 6 nitrogen and oxygen atoms in total. The Morgan fingerprint density at radius 1 is 1.25 bits per heavy atom. The van der Waals surface area contributed by atoms with Gasteiger partial charge in [0.25, 0.3) is 5.91 Å². The van der Waals surface area contributed by atoms with Crippen LogP contribution in [-0.2, 0) is 0 Å². The van der Waals surface area contributed by atoms with Gasteiger partial charge in [0.05, 0.1) is 29.7 Å². The number of nitrogens with zero attached hydrogens (tertiary/aromatic N) is 3. The van der Waals surface area contributed by atoms with E-state index < -0.39 is 0 Å². The summed E-state index contributed by atoms with van der Waals surface area (Å²) < 4.78 is 5.29. The third kappa shape index (κ3) is 3.06. The predicted octanol–water partition coefficient (Wildman–Crippen LogP) is 2.65. The number of methoxy groups -OCH3 is 1. The maximum atomic E-state index is 12.8. The van der Waals surface area contributed by atoms with Gasteiger partial charge in [0.15, 0.2) is 0 Å². The van der Waals surface area contributed by atoms with Gasteiger partial charge in [-0.05, 0) is 32.0 Å². The second-order valence-corrected chi connectivity index (χ2v) is 6.34. The molecule has 0 radical (unpaired) electrons. The molecule has 0 spiro atoms. The van der Waals surface area contributed by atoms with Crippen molar-refractivity contribution < 1.29 is 9.53 Å². The average Bonchev–Trinajstić information content (AvgIpc) is 2.93. The van der Waals surface area contributed by atoms with Gasteiger partial charge in [0.1, 0.15) is 5.75 Å². The Bertz CT molecular complexity index is 732. The molecule has 1 saturated heterocycles. The Morgan fingerprint density at radius 3 is 2.54 bits per heavy atom. The number of carbonyl (C=O) groups excluding carboxylic acids is 1. The van der Waals surface area contributed by atoms with E-state index in [9.17, 15) is 4.79 Å². The first-order chi connectivity index (χ1) is 11.5. The van der Waals surface area contributed by atoms with Crippen LogP contribution < -0.4 is 9.64 Å². The molecule has 0 saturated carbocycles. The van der Waals surface area contributed by atoms with Gasteiger partial charge in [-0.2, -0.15) is 5.10 Å². The van der Waals surface area contributed by atoms with Crippen molar-refractivity contribution in [3.05, 3.63) is 40.2 Å². The zero-order valence-electron chi connectivity index (χ0n) is 14.1. The number of piperazine rings is 1. The Kier molecular flexibility index (Phi) is 4.66. The molecular formula is C17H21ClN4O2. The van der Waals surface area contributed by atoms with E-state index in [1.165, 1.54) is 0 Å². The van der Waals surface area contributed by atoms with Gasteiger partial charge in [-0.3, -0.25) is 9.89 Å². The lowest BCUT2D eigenvalue weighted by Gasteiger charge is -2.36. The van der Waals surface area contributed by atoms with Gasteiger partial charge in [-0.1, -0.05) is 11.6 Å². The minimum Gasteiger partial charge on any atom is -0.496 e. The normalized spacial score (nSPS) is 14.8. The lowest BCUT2D eigenvalue weighted by molar-refractivity contribution is 0.0743. The van der Waals surface area contributed by atoms with Crippen LogP contribution in [0.2, 0.25) is 5.02 Å². The maximum Gasteiger partial charge on any atom is 0.257 e. The lowest BCUT2D eigenvalue weighted by atomic mass is 10.1. The average molecular weight is 349 g/mol. The number of amides is 1. The number of benzene rings is 1. The van der Waals surface area contributed by atoms with Crippen LogP contribution in [-0.4, -0.2) is 54.3 Å². The Balaban J connectivity index is 1.73. The number of rotatable bonds is 3. The smallest absolute Gasteiger partial charge is 0.257 e. The third-order valence-corrected chi connectivity index (χ3v) is 4.60. The van der Waals surface area contributed by atoms with Crippen LogP contribution in [0.3, 0.4) is 0 Å². The lowest BCUT2D eigenvalue weighted by Crippen LogP contribution is -2.49. The number of aryl methyl sites for hydroxylation is 2. The number of H-pyrrole nitrogens is 1. The maximum absolute atomic E-state index is 12.8. The second kappa shape index (κ2) is 6.73. The molecule has 1 aliphatic heterocycles. The fourth-order valence-electron chi connectivity index (χ4n) is 3.16. The highest BCUT2D eigenvalue weighted by molar-refractivity contribution is 6.31. The van der Waals surface area contributed by atoms with Crippen LogP contribution in [0.1, 0.15) is 21.7 Å². The van der Waals surface area contributed by atoms with Crippen LogP contribution in [0, 0.1) is 13.8 Å². The van der Waals surface area contributed by atoms with Gasteiger partial charge >= 0.3 is 0 Å². The first kappa shape index (κ1) is 16.6. The minimum atomic E-state index is -0.0466. The zero-order chi connectivity index (χ0) is 17.3. The van der Waals surface area contributed by atoms with Gasteiger partial charge in [-0.15, -0.1) is 0 Å². The Morgan fingerprint density at radius 2 is 1.96 bits per heavy atom. The summed E-state index contributed by atoms with van der Waals surface area (Å²) in [5.41, 5.74) is 3.70. The summed E-state index contributed by atoms with van der Waals surface area (Å²) in [6, 6.07) is 5.11. The van der Waals surface area contributed by atoms with Gasteiger partial charge in [0, 0.05) is 31.2 Å². The van der Waals surface area contributed by atoms with Crippen LogP contribution >= 0.6 is 11.6 Å². The van der Waals surface area contributed by atoms with Crippen molar-refractivity contribution in [3.8, 4) is 5.75 Å². The molecule has 0 bridgehead atoms. The number of carbonyl (C=O) groups is 1. The molecule has 1 aromatic carbocycles. The SMILES string of the molecule is COc1ccc(Cl)cc1C(=O)N1CCN(c2c(C)n[nH]c2C)CC1. The van der Waals surface area contributed by atoms with Gasteiger partial charge < -0.3 is 14.5 Å². The topological polar surface area (TPSA) is 61.5 Å². The molecule has 2 aromatic rings. The second-order valence-electron chi connectivity index (χ2n) is 5.91. The van der Waals surface area contributed by atoms with Gasteiger partial charge in [0.2, 0.25) is 0 Å². The molecular weight excluding hydrogens is 328 g/mol. The van der Waals surface area contributed by atoms with Gasteiger partial charge in [-0.25, -0.2) is 0 Å². The number of halogens is 1. The highest BCUT2D eigenvalue weighted by Gasteiger charge is 2.26. The molecule has 2 heterocycles. The van der Waals surface area contributed by atoms with E-state index in [0.717, 1.165) is 30.2 Å². The first-order valence-electron chi connectivity index (χ1n) is 7.90. The summed E-state index contributed by atoms with van der Waals surface area (Å²) in [5, 5.41) is 7.79. The van der Waals surface area contributed by atoms with E-state index in [0.29, 0.717) is 29.4 Å². The Labute approximate surface area is 146 Å². The van der Waals surface area contributed by atoms with Crippen LogP contribution in [0.25, 0.3) is 0 Å². The summed E-state index contributed by atoms with van der Waals surface area (Å²) in [6.45, 7) is 6.86. The number of aromatic amines is 1. The Hall–Kier alpha value is -2.21. The molecule has 1 aromatic heterocycles. The van der Waals surface area contributed by atoms with E-state index >= 15 is 0 Å². The van der Waals surface area contributed by atoms with E-state index in [2.05, 4.69) is 15.1 Å². The predicted molar refractivity (Wildman–Crippen MR) is 94.2 cm³/mol. The molecule has 3 rings (SSSR count). The number of nitrogens with one attached hydrogen (secondary N) is 1. The van der Waals surface area contributed by atoms with Crippen molar-refractivity contribution in [2.45, 2.75) is 13.8 Å². The first-order valence-corrected chi connectivity index (χ1v) is 8.28. The number of ether oxygens (including phenoxy) is 1. The van der Waals surface area contributed by atoms with Crippen molar-refractivity contribution in [2.75, 3.05) is 38.2 Å². The monoisotopic (exact) mass is 348 g/mol. The molecule has 24 heavy (non-hydrogen) atoms. The molecule has 0 aliphatic carbocycles. The summed E-state index contributed by atoms with van der Waals surface area (Å²) in [7, 11) is 1.56. The quantitative estimate of drug-likeness (QED) is 0.926. The highest BCUT2D eigenvalue weighted by atomic mass is 35.5. The van der Waals surface area contributed by atoms with Crippen LogP contribution in [0.15, 0.2) is 18.2 Å². The molecule has 1 N–H and O–H groups in total. The summed E-state index contributed by atoms with van der Waals surface area (Å²) in [6.07, 6.45) is 0. The number of anilines is 1. The number of aromatic nitrogens is 2. The van der Waals surface area contributed by atoms with Crippen molar-refractivity contribution in [3.63, 3.8) is 0 Å². The molecule has 128 valence electrons. The van der Waals surface area contributed by atoms with E-state index in [-0.39, 0.29) is 5.91 Å². The van der Waals surface area contributed by atoms with Crippen LogP contribution in [0.4, 0.5) is 5.69 Å². The minimum absolute atomic E-state index is 0.0466. The summed E-state index contributed by atoms with van der Waals surface area (Å²) in [4.78, 5) is 16.9. The third-order valence-electron chi connectivity index (χ3n) is 4.36. The molecule has 7 heteroatoms. The molecule has 0 atom stereocenters. The highest BCUT2D eigenvalue weighted by Crippen LogP contribution is 2.26. The summed E-state index contributed by atoms with van der Waals surface area (Å²) in [5.74, 6) is 0.503. The summed E-state index contributed by atoms with van der Waals surface area (Å²) >= 11 is 6.04. The van der Waals surface area contributed by atoms with Crippen molar-refractivity contribution in [2.24, 2.45) is 0 Å². The van der Waals surface area contributed by atoms with E-state index in [1.807, 2.05) is 18.7 Å². The van der Waals surface area contributed by atoms with Crippen molar-refractivity contribution in [1.29, 1.82) is 0 Å². The largest absolute Gasteiger partial charge is 0.496 e. The molecule has 1 amide bonds. The van der Waals surface area contributed by atoms with E-state index in [1.54, 1.807) is 25.3 Å². The number of hydrogen-bond acceptors (Lipinski definition) is 4.